The number of hydrogen-bond donors (Lipinski definition) is 1. The molecule has 108 valence electrons. The Morgan fingerprint density at radius 2 is 2.05 bits per heavy atom. The van der Waals surface area contributed by atoms with Crippen LogP contribution >= 0.6 is 0 Å². The van der Waals surface area contributed by atoms with Crippen molar-refractivity contribution in [1.29, 1.82) is 0 Å². The number of aryl methyl sites for hydroxylation is 1. The van der Waals surface area contributed by atoms with Gasteiger partial charge in [0.1, 0.15) is 11.4 Å². The van der Waals surface area contributed by atoms with Gasteiger partial charge >= 0.3 is 5.97 Å². The van der Waals surface area contributed by atoms with Crippen LogP contribution in [0.2, 0.25) is 0 Å². The molecule has 0 unspecified atom stereocenters. The average Bonchev–Trinajstić information content (AvgIpc) is 2.65. The summed E-state index contributed by atoms with van der Waals surface area (Å²) in [5.41, 5.74) is 1.60. The molecule has 0 radical (unpaired) electrons. The van der Waals surface area contributed by atoms with Crippen LogP contribution in [0.25, 0.3) is 11.0 Å². The monoisotopic (exact) mass is 275 g/mol. The number of fused-ring (bicyclic) bond motifs is 1. The van der Waals surface area contributed by atoms with Gasteiger partial charge in [0.15, 0.2) is 0 Å². The van der Waals surface area contributed by atoms with Crippen molar-refractivity contribution < 1.29 is 9.53 Å². The van der Waals surface area contributed by atoms with E-state index in [9.17, 15) is 4.79 Å². The Balaban J connectivity index is 1.93. The van der Waals surface area contributed by atoms with Crippen LogP contribution in [0.4, 0.5) is 0 Å². The number of para-hydroxylation sites is 2. The van der Waals surface area contributed by atoms with Gasteiger partial charge in [0.05, 0.1) is 24.1 Å². The molecule has 1 aromatic carbocycles. The first-order chi connectivity index (χ1) is 9.37. The highest BCUT2D eigenvalue weighted by Crippen LogP contribution is 2.13. The van der Waals surface area contributed by atoms with E-state index in [0.717, 1.165) is 16.9 Å². The number of imidazole rings is 1. The van der Waals surface area contributed by atoms with Gasteiger partial charge in [-0.05, 0) is 32.9 Å². The third-order valence-corrected chi connectivity index (χ3v) is 2.85. The van der Waals surface area contributed by atoms with Gasteiger partial charge in [-0.15, -0.1) is 0 Å². The predicted octanol–water partition coefficient (Wildman–Crippen LogP) is 2.00. The Labute approximate surface area is 118 Å². The van der Waals surface area contributed by atoms with E-state index >= 15 is 0 Å². The van der Waals surface area contributed by atoms with Crippen LogP contribution in [0.3, 0.4) is 0 Å². The van der Waals surface area contributed by atoms with Gasteiger partial charge in [-0.1, -0.05) is 12.1 Å². The number of hydrogen-bond acceptors (Lipinski definition) is 4. The molecular formula is C15H21N3O2. The standard InChI is InChI=1S/C15H21N3O2/c1-15(2,3)20-14(19)10-16-9-13-17-11-7-5-6-8-12(11)18(13)4/h5-8,16H,9-10H2,1-4H3. The Bertz CT molecular complexity index is 611. The number of aromatic nitrogens is 2. The van der Waals surface area contributed by atoms with Gasteiger partial charge in [0.2, 0.25) is 0 Å². The molecule has 0 aliphatic rings. The Hall–Kier alpha value is -1.88. The first-order valence-corrected chi connectivity index (χ1v) is 6.70. The lowest BCUT2D eigenvalue weighted by Crippen LogP contribution is -2.31. The molecule has 0 aliphatic carbocycles. The van der Waals surface area contributed by atoms with E-state index in [2.05, 4.69) is 10.3 Å². The van der Waals surface area contributed by atoms with Crippen molar-refractivity contribution in [3.63, 3.8) is 0 Å². The molecule has 2 rings (SSSR count). The first-order valence-electron chi connectivity index (χ1n) is 6.70. The fraction of sp³-hybridized carbons (Fsp3) is 0.467. The number of carbonyl (C=O) groups is 1. The van der Waals surface area contributed by atoms with Crippen LogP contribution in [-0.4, -0.2) is 27.7 Å². The molecule has 0 aliphatic heterocycles. The third kappa shape index (κ3) is 3.57. The zero-order valence-electron chi connectivity index (χ0n) is 12.4. The maximum Gasteiger partial charge on any atom is 0.320 e. The summed E-state index contributed by atoms with van der Waals surface area (Å²) < 4.78 is 7.26. The Morgan fingerprint density at radius 1 is 1.35 bits per heavy atom. The summed E-state index contributed by atoms with van der Waals surface area (Å²) in [6.07, 6.45) is 0. The largest absolute Gasteiger partial charge is 0.459 e. The van der Waals surface area contributed by atoms with E-state index < -0.39 is 5.60 Å². The van der Waals surface area contributed by atoms with Gasteiger partial charge in [-0.3, -0.25) is 10.1 Å². The lowest BCUT2D eigenvalue weighted by molar-refractivity contribution is -0.153. The van der Waals surface area contributed by atoms with Gasteiger partial charge in [-0.2, -0.15) is 0 Å². The molecular weight excluding hydrogens is 254 g/mol. The highest BCUT2D eigenvalue weighted by Gasteiger charge is 2.16. The molecule has 5 nitrogen and oxygen atoms in total. The number of nitrogens with one attached hydrogen (secondary N) is 1. The lowest BCUT2D eigenvalue weighted by Gasteiger charge is -2.19. The maximum atomic E-state index is 11.6. The van der Waals surface area contributed by atoms with Crippen LogP contribution in [-0.2, 0) is 23.1 Å². The Kier molecular flexibility index (Phi) is 4.09. The third-order valence-electron chi connectivity index (χ3n) is 2.85. The van der Waals surface area contributed by atoms with Crippen LogP contribution in [0.1, 0.15) is 26.6 Å². The lowest BCUT2D eigenvalue weighted by atomic mass is 10.2. The molecule has 0 amide bonds. The second kappa shape index (κ2) is 5.63. The number of rotatable bonds is 4. The fourth-order valence-electron chi connectivity index (χ4n) is 2.01. The van der Waals surface area contributed by atoms with E-state index in [0.29, 0.717) is 6.54 Å². The second-order valence-electron chi connectivity index (χ2n) is 5.77. The molecule has 0 saturated heterocycles. The molecule has 0 spiro atoms. The molecule has 5 heteroatoms. The van der Waals surface area contributed by atoms with Gasteiger partial charge in [-0.25, -0.2) is 4.98 Å². The molecule has 0 bridgehead atoms. The van der Waals surface area contributed by atoms with Crippen molar-refractivity contribution in [2.45, 2.75) is 32.9 Å². The summed E-state index contributed by atoms with van der Waals surface area (Å²) in [6, 6.07) is 7.96. The molecule has 2 aromatic rings. The SMILES string of the molecule is Cn1c(CNCC(=O)OC(C)(C)C)nc2ccccc21. The molecule has 1 N–H and O–H groups in total. The van der Waals surface area contributed by atoms with Crippen LogP contribution < -0.4 is 5.32 Å². The minimum Gasteiger partial charge on any atom is -0.459 e. The van der Waals surface area contributed by atoms with Crippen molar-refractivity contribution in [2.24, 2.45) is 7.05 Å². The van der Waals surface area contributed by atoms with Crippen LogP contribution in [0, 0.1) is 0 Å². The van der Waals surface area contributed by atoms with E-state index in [1.54, 1.807) is 0 Å². The smallest absolute Gasteiger partial charge is 0.320 e. The summed E-state index contributed by atoms with van der Waals surface area (Å²) in [6.45, 7) is 6.29. The van der Waals surface area contributed by atoms with E-state index in [4.69, 9.17) is 4.74 Å². The van der Waals surface area contributed by atoms with Crippen molar-refractivity contribution in [1.82, 2.24) is 14.9 Å². The van der Waals surface area contributed by atoms with Crippen molar-refractivity contribution in [3.8, 4) is 0 Å². The highest BCUT2D eigenvalue weighted by molar-refractivity contribution is 5.75. The van der Waals surface area contributed by atoms with Crippen molar-refractivity contribution >= 4 is 17.0 Å². The van der Waals surface area contributed by atoms with Crippen LogP contribution in [0.5, 0.6) is 0 Å². The number of ether oxygens (including phenoxy) is 1. The van der Waals surface area contributed by atoms with E-state index in [1.165, 1.54) is 0 Å². The quantitative estimate of drug-likeness (QED) is 0.867. The second-order valence-corrected chi connectivity index (χ2v) is 5.77. The zero-order valence-corrected chi connectivity index (χ0v) is 12.4. The van der Waals surface area contributed by atoms with E-state index in [1.807, 2.05) is 56.7 Å². The summed E-state index contributed by atoms with van der Waals surface area (Å²) in [4.78, 5) is 16.1. The number of benzene rings is 1. The van der Waals surface area contributed by atoms with Crippen molar-refractivity contribution in [3.05, 3.63) is 30.1 Å². The summed E-state index contributed by atoms with van der Waals surface area (Å²) in [7, 11) is 1.97. The zero-order chi connectivity index (χ0) is 14.8. The number of esters is 1. The minimum absolute atomic E-state index is 0.181. The predicted molar refractivity (Wildman–Crippen MR) is 78.3 cm³/mol. The Morgan fingerprint density at radius 3 is 2.70 bits per heavy atom. The molecule has 20 heavy (non-hydrogen) atoms. The van der Waals surface area contributed by atoms with E-state index in [-0.39, 0.29) is 12.5 Å². The molecule has 0 fully saturated rings. The summed E-state index contributed by atoms with van der Waals surface area (Å²) in [5.74, 6) is 0.644. The van der Waals surface area contributed by atoms with Gasteiger partial charge < -0.3 is 9.30 Å². The minimum atomic E-state index is -0.448. The van der Waals surface area contributed by atoms with Gasteiger partial charge in [0, 0.05) is 7.05 Å². The fourth-order valence-corrected chi connectivity index (χ4v) is 2.01. The van der Waals surface area contributed by atoms with Crippen LogP contribution in [0.15, 0.2) is 24.3 Å². The maximum absolute atomic E-state index is 11.6. The number of nitrogens with zero attached hydrogens (tertiary/aromatic N) is 2. The topological polar surface area (TPSA) is 56.2 Å². The van der Waals surface area contributed by atoms with Crippen molar-refractivity contribution in [2.75, 3.05) is 6.54 Å². The molecule has 1 aromatic heterocycles. The van der Waals surface area contributed by atoms with Gasteiger partial charge in [0.25, 0.3) is 0 Å². The number of carbonyl (C=O) groups excluding carboxylic acids is 1. The molecule has 0 atom stereocenters. The highest BCUT2D eigenvalue weighted by atomic mass is 16.6. The molecule has 1 heterocycles. The summed E-state index contributed by atoms with van der Waals surface area (Å²) >= 11 is 0. The first kappa shape index (κ1) is 14.5. The summed E-state index contributed by atoms with van der Waals surface area (Å²) in [5, 5.41) is 3.07. The normalized spacial score (nSPS) is 11.8. The molecule has 0 saturated carbocycles. The average molecular weight is 275 g/mol.